The molecule has 0 bridgehead atoms. The quantitative estimate of drug-likeness (QED) is 0.571. The highest BCUT2D eigenvalue weighted by Crippen LogP contribution is 2.29. The molecule has 1 aromatic heterocycles. The van der Waals surface area contributed by atoms with Crippen molar-refractivity contribution >= 4 is 39.0 Å². The molecule has 1 heterocycles. The van der Waals surface area contributed by atoms with Crippen LogP contribution < -0.4 is 15.5 Å². The van der Waals surface area contributed by atoms with Gasteiger partial charge in [-0.2, -0.15) is 5.10 Å². The highest BCUT2D eigenvalue weighted by Gasteiger charge is 2.11. The molecule has 134 valence electrons. The van der Waals surface area contributed by atoms with Gasteiger partial charge >= 0.3 is 6.03 Å². The first-order chi connectivity index (χ1) is 12.4. The van der Waals surface area contributed by atoms with Crippen molar-refractivity contribution in [1.29, 1.82) is 0 Å². The first kappa shape index (κ1) is 18.0. The lowest BCUT2D eigenvalue weighted by atomic mass is 10.1. The Morgan fingerprint density at radius 1 is 1.08 bits per heavy atom. The number of hydrogen-bond acceptors (Lipinski definition) is 3. The van der Waals surface area contributed by atoms with E-state index in [1.54, 1.807) is 0 Å². The summed E-state index contributed by atoms with van der Waals surface area (Å²) in [6.07, 6.45) is 0. The van der Waals surface area contributed by atoms with E-state index in [1.807, 2.05) is 74.4 Å². The second kappa shape index (κ2) is 7.61. The molecule has 26 heavy (non-hydrogen) atoms. The molecule has 0 aliphatic carbocycles. The lowest BCUT2D eigenvalue weighted by Gasteiger charge is -2.13. The van der Waals surface area contributed by atoms with E-state index in [2.05, 4.69) is 36.8 Å². The van der Waals surface area contributed by atoms with Crippen LogP contribution >= 0.6 is 15.9 Å². The number of H-pyrrole nitrogens is 1. The van der Waals surface area contributed by atoms with Gasteiger partial charge in [0.25, 0.3) is 0 Å². The third-order valence-electron chi connectivity index (χ3n) is 3.91. The Balaban J connectivity index is 1.69. The van der Waals surface area contributed by atoms with Crippen molar-refractivity contribution in [1.82, 2.24) is 10.2 Å². The molecule has 2 aromatic carbocycles. The first-order valence-electron chi connectivity index (χ1n) is 8.10. The summed E-state index contributed by atoms with van der Waals surface area (Å²) in [7, 11) is 3.95. The van der Waals surface area contributed by atoms with Gasteiger partial charge in [0.05, 0.1) is 4.47 Å². The van der Waals surface area contributed by atoms with Gasteiger partial charge in [0.2, 0.25) is 0 Å². The molecule has 7 heteroatoms. The van der Waals surface area contributed by atoms with Crippen LogP contribution in [0.4, 0.5) is 21.9 Å². The van der Waals surface area contributed by atoms with Crippen molar-refractivity contribution in [3.8, 4) is 11.3 Å². The summed E-state index contributed by atoms with van der Waals surface area (Å²) in [5, 5.41) is 12.9. The summed E-state index contributed by atoms with van der Waals surface area (Å²) in [6, 6.07) is 14.9. The molecular weight excluding hydrogens is 394 g/mol. The predicted molar refractivity (Wildman–Crippen MR) is 110 cm³/mol. The normalized spacial score (nSPS) is 10.5. The first-order valence-corrected chi connectivity index (χ1v) is 8.89. The van der Waals surface area contributed by atoms with Crippen molar-refractivity contribution in [3.63, 3.8) is 0 Å². The fraction of sp³-hybridized carbons (Fsp3) is 0.158. The average molecular weight is 414 g/mol. The molecule has 0 aliphatic heterocycles. The molecule has 2 amide bonds. The number of aromatic nitrogens is 2. The van der Waals surface area contributed by atoms with Gasteiger partial charge in [-0.25, -0.2) is 4.79 Å². The molecule has 6 nitrogen and oxygen atoms in total. The van der Waals surface area contributed by atoms with Crippen LogP contribution in [0.5, 0.6) is 0 Å². The predicted octanol–water partition coefficient (Wildman–Crippen LogP) is 4.86. The third-order valence-corrected chi connectivity index (χ3v) is 4.88. The zero-order valence-corrected chi connectivity index (χ0v) is 16.4. The number of urea groups is 1. The summed E-state index contributed by atoms with van der Waals surface area (Å²) in [5.74, 6) is 0. The summed E-state index contributed by atoms with van der Waals surface area (Å²) in [5.41, 5.74) is 5.17. The van der Waals surface area contributed by atoms with Crippen LogP contribution in [0.25, 0.3) is 11.3 Å². The number of nitrogens with zero attached hydrogens (tertiary/aromatic N) is 2. The van der Waals surface area contributed by atoms with Crippen molar-refractivity contribution in [3.05, 3.63) is 58.7 Å². The van der Waals surface area contributed by atoms with Crippen molar-refractivity contribution in [2.75, 3.05) is 29.6 Å². The zero-order chi connectivity index (χ0) is 18.7. The van der Waals surface area contributed by atoms with Gasteiger partial charge in [-0.3, -0.25) is 5.10 Å². The number of halogens is 1. The monoisotopic (exact) mass is 413 g/mol. The van der Waals surface area contributed by atoms with Crippen LogP contribution in [0.2, 0.25) is 0 Å². The molecule has 0 atom stereocenters. The maximum Gasteiger partial charge on any atom is 0.323 e. The fourth-order valence-corrected chi connectivity index (χ4v) is 2.89. The maximum atomic E-state index is 12.3. The van der Waals surface area contributed by atoms with Crippen molar-refractivity contribution < 1.29 is 4.79 Å². The van der Waals surface area contributed by atoms with Crippen LogP contribution in [0.1, 0.15) is 5.69 Å². The Morgan fingerprint density at radius 2 is 1.77 bits per heavy atom. The summed E-state index contributed by atoms with van der Waals surface area (Å²) in [4.78, 5) is 14.3. The number of anilines is 3. The zero-order valence-electron chi connectivity index (χ0n) is 14.8. The number of nitrogens with one attached hydrogen (secondary N) is 3. The molecule has 3 rings (SSSR count). The summed E-state index contributed by atoms with van der Waals surface area (Å²) in [6.45, 7) is 1.94. The molecule has 0 aliphatic rings. The van der Waals surface area contributed by atoms with E-state index in [0.717, 1.165) is 32.8 Å². The summed E-state index contributed by atoms with van der Waals surface area (Å²) < 4.78 is 0.917. The highest BCUT2D eigenvalue weighted by atomic mass is 79.9. The van der Waals surface area contributed by atoms with Crippen LogP contribution in [-0.4, -0.2) is 30.3 Å². The van der Waals surface area contributed by atoms with E-state index >= 15 is 0 Å². The van der Waals surface area contributed by atoms with Gasteiger partial charge in [0, 0.05) is 42.4 Å². The second-order valence-corrected chi connectivity index (χ2v) is 6.91. The standard InChI is InChI=1S/C19H20BrN5O/c1-12-17(20)18(24-23-12)13-5-4-6-15(11-13)22-19(26)21-14-7-9-16(10-8-14)25(2)3/h4-11H,1-3H3,(H,23,24)(H2,21,22,26). The molecule has 0 saturated carbocycles. The maximum absolute atomic E-state index is 12.3. The van der Waals surface area contributed by atoms with Gasteiger partial charge in [-0.05, 0) is 59.3 Å². The molecule has 0 unspecified atom stereocenters. The minimum Gasteiger partial charge on any atom is -0.378 e. The van der Waals surface area contributed by atoms with Crippen LogP contribution in [-0.2, 0) is 0 Å². The Labute approximate surface area is 160 Å². The van der Waals surface area contributed by atoms with E-state index < -0.39 is 0 Å². The van der Waals surface area contributed by atoms with Crippen LogP contribution in [0.3, 0.4) is 0 Å². The lowest BCUT2D eigenvalue weighted by molar-refractivity contribution is 0.262. The summed E-state index contributed by atoms with van der Waals surface area (Å²) >= 11 is 3.53. The topological polar surface area (TPSA) is 73.0 Å². The number of rotatable bonds is 4. The second-order valence-electron chi connectivity index (χ2n) is 6.11. The Bertz CT molecular complexity index is 918. The molecular formula is C19H20BrN5O. The van der Waals surface area contributed by atoms with Crippen molar-refractivity contribution in [2.45, 2.75) is 6.92 Å². The Morgan fingerprint density at radius 3 is 2.38 bits per heavy atom. The van der Waals surface area contributed by atoms with Gasteiger partial charge < -0.3 is 15.5 Å². The number of carbonyl (C=O) groups is 1. The number of carbonyl (C=O) groups excluding carboxylic acids is 1. The molecule has 0 radical (unpaired) electrons. The Kier molecular flexibility index (Phi) is 5.27. The third kappa shape index (κ3) is 4.05. The molecule has 0 fully saturated rings. The average Bonchev–Trinajstić information content (AvgIpc) is 2.94. The van der Waals surface area contributed by atoms with Crippen LogP contribution in [0, 0.1) is 6.92 Å². The number of aromatic amines is 1. The van der Waals surface area contributed by atoms with Gasteiger partial charge in [0.15, 0.2) is 0 Å². The molecule has 0 saturated heterocycles. The smallest absolute Gasteiger partial charge is 0.323 e. The number of amides is 2. The van der Waals surface area contributed by atoms with Gasteiger partial charge in [-0.15, -0.1) is 0 Å². The number of benzene rings is 2. The van der Waals surface area contributed by atoms with Gasteiger partial charge in [0.1, 0.15) is 5.69 Å². The SMILES string of the molecule is Cc1[nH]nc(-c2cccc(NC(=O)Nc3ccc(N(C)C)cc3)c2)c1Br. The number of aryl methyl sites for hydroxylation is 1. The van der Waals surface area contributed by atoms with E-state index in [9.17, 15) is 4.79 Å². The Hall–Kier alpha value is -2.80. The van der Waals surface area contributed by atoms with E-state index in [4.69, 9.17) is 0 Å². The van der Waals surface area contributed by atoms with E-state index in [1.165, 1.54) is 0 Å². The lowest BCUT2D eigenvalue weighted by Crippen LogP contribution is -2.19. The minimum atomic E-state index is -0.294. The molecule has 0 spiro atoms. The number of hydrogen-bond donors (Lipinski definition) is 3. The van der Waals surface area contributed by atoms with Crippen LogP contribution in [0.15, 0.2) is 53.0 Å². The largest absolute Gasteiger partial charge is 0.378 e. The van der Waals surface area contributed by atoms with E-state index in [0.29, 0.717) is 5.69 Å². The van der Waals surface area contributed by atoms with Gasteiger partial charge in [-0.1, -0.05) is 12.1 Å². The highest BCUT2D eigenvalue weighted by molar-refractivity contribution is 9.10. The van der Waals surface area contributed by atoms with E-state index in [-0.39, 0.29) is 6.03 Å². The minimum absolute atomic E-state index is 0.294. The molecule has 3 aromatic rings. The molecule has 3 N–H and O–H groups in total. The van der Waals surface area contributed by atoms with Crippen molar-refractivity contribution in [2.24, 2.45) is 0 Å². The fourth-order valence-electron chi connectivity index (χ4n) is 2.49.